The van der Waals surface area contributed by atoms with Gasteiger partial charge in [0.2, 0.25) is 5.91 Å². The molecule has 0 radical (unpaired) electrons. The first-order valence-electron chi connectivity index (χ1n) is 8.64. The van der Waals surface area contributed by atoms with Gasteiger partial charge in [0.05, 0.1) is 29.5 Å². The summed E-state index contributed by atoms with van der Waals surface area (Å²) in [5.41, 5.74) is 3.17. The van der Waals surface area contributed by atoms with Crippen LogP contribution >= 0.6 is 0 Å². The molecule has 0 aliphatic heterocycles. The Morgan fingerprint density at radius 1 is 1.07 bits per heavy atom. The van der Waals surface area contributed by atoms with Crippen molar-refractivity contribution in [2.75, 3.05) is 11.9 Å². The molecule has 2 amide bonds. The van der Waals surface area contributed by atoms with Gasteiger partial charge in [0, 0.05) is 22.8 Å². The summed E-state index contributed by atoms with van der Waals surface area (Å²) in [6, 6.07) is 12.8. The van der Waals surface area contributed by atoms with Crippen LogP contribution in [0.1, 0.15) is 10.4 Å². The lowest BCUT2D eigenvalue weighted by atomic mass is 10.1. The van der Waals surface area contributed by atoms with Crippen molar-refractivity contribution < 1.29 is 14.7 Å². The number of amides is 2. The first-order valence-corrected chi connectivity index (χ1v) is 8.64. The number of fused-ring (bicyclic) bond motifs is 2. The molecule has 8 nitrogen and oxygen atoms in total. The fraction of sp³-hybridized carbons (Fsp3) is 0.100. The molecule has 2 heterocycles. The molecule has 140 valence electrons. The number of nitrogens with one attached hydrogen (secondary N) is 3. The van der Waals surface area contributed by atoms with E-state index in [9.17, 15) is 14.7 Å². The number of anilines is 1. The van der Waals surface area contributed by atoms with Crippen LogP contribution in [-0.2, 0) is 4.79 Å². The van der Waals surface area contributed by atoms with E-state index in [2.05, 4.69) is 25.6 Å². The van der Waals surface area contributed by atoms with Gasteiger partial charge in [-0.15, -0.1) is 0 Å². The Kier molecular flexibility index (Phi) is 4.69. The maximum absolute atomic E-state index is 12.5. The molecule has 0 bridgehead atoms. The average Bonchev–Trinajstić information content (AvgIpc) is 3.19. The Hall–Kier alpha value is -3.78. The number of pyridine rings is 1. The first kappa shape index (κ1) is 17.6. The normalized spacial score (nSPS) is 12.0. The van der Waals surface area contributed by atoms with E-state index < -0.39 is 24.5 Å². The van der Waals surface area contributed by atoms with Gasteiger partial charge >= 0.3 is 0 Å². The molecule has 0 saturated carbocycles. The highest BCUT2D eigenvalue weighted by Crippen LogP contribution is 2.17. The van der Waals surface area contributed by atoms with E-state index in [1.165, 1.54) is 6.33 Å². The second-order valence-corrected chi connectivity index (χ2v) is 6.24. The standard InChI is InChI=1S/C20H17N5O3/c26-10-18(25-19(27)13-3-5-16-17(9-13)23-11-22-16)20(28)24-14-4-6-15-12(8-14)2-1-7-21-15/h1-9,11,18,26H,10H2,(H,22,23)(H,24,28)(H,25,27). The highest BCUT2D eigenvalue weighted by molar-refractivity contribution is 6.03. The van der Waals surface area contributed by atoms with Gasteiger partial charge in [-0.05, 0) is 42.5 Å². The number of benzene rings is 2. The van der Waals surface area contributed by atoms with Crippen LogP contribution in [0.15, 0.2) is 61.1 Å². The van der Waals surface area contributed by atoms with Crippen LogP contribution < -0.4 is 10.6 Å². The van der Waals surface area contributed by atoms with E-state index >= 15 is 0 Å². The summed E-state index contributed by atoms with van der Waals surface area (Å²) in [6.07, 6.45) is 3.23. The van der Waals surface area contributed by atoms with Gasteiger partial charge in [-0.3, -0.25) is 14.6 Å². The summed E-state index contributed by atoms with van der Waals surface area (Å²) >= 11 is 0. The molecule has 0 aliphatic rings. The molecule has 2 aromatic carbocycles. The average molecular weight is 375 g/mol. The van der Waals surface area contributed by atoms with Gasteiger partial charge < -0.3 is 20.7 Å². The number of aliphatic hydroxyl groups excluding tert-OH is 1. The summed E-state index contributed by atoms with van der Waals surface area (Å²) < 4.78 is 0. The summed E-state index contributed by atoms with van der Waals surface area (Å²) in [4.78, 5) is 36.2. The molecule has 8 heteroatoms. The number of carbonyl (C=O) groups excluding carboxylic acids is 2. The van der Waals surface area contributed by atoms with Crippen LogP contribution in [-0.4, -0.2) is 44.5 Å². The van der Waals surface area contributed by atoms with Crippen LogP contribution in [0.2, 0.25) is 0 Å². The van der Waals surface area contributed by atoms with E-state index in [-0.39, 0.29) is 0 Å². The predicted octanol–water partition coefficient (Wildman–Crippen LogP) is 1.84. The van der Waals surface area contributed by atoms with Gasteiger partial charge in [0.1, 0.15) is 6.04 Å². The van der Waals surface area contributed by atoms with Crippen molar-refractivity contribution in [3.63, 3.8) is 0 Å². The van der Waals surface area contributed by atoms with E-state index in [1.807, 2.05) is 6.07 Å². The van der Waals surface area contributed by atoms with Crippen LogP contribution in [0, 0.1) is 0 Å². The molecule has 0 spiro atoms. The zero-order chi connectivity index (χ0) is 19.5. The highest BCUT2D eigenvalue weighted by atomic mass is 16.3. The number of rotatable bonds is 5. The van der Waals surface area contributed by atoms with Crippen LogP contribution in [0.4, 0.5) is 5.69 Å². The molecular formula is C20H17N5O3. The fourth-order valence-corrected chi connectivity index (χ4v) is 2.90. The monoisotopic (exact) mass is 375 g/mol. The number of aromatic nitrogens is 3. The lowest BCUT2D eigenvalue weighted by Gasteiger charge is -2.16. The van der Waals surface area contributed by atoms with Crippen molar-refractivity contribution in [1.29, 1.82) is 0 Å². The Labute approximate surface area is 159 Å². The quantitative estimate of drug-likeness (QED) is 0.424. The van der Waals surface area contributed by atoms with Crippen molar-refractivity contribution >= 4 is 39.4 Å². The molecule has 4 rings (SSSR count). The van der Waals surface area contributed by atoms with Crippen LogP contribution in [0.25, 0.3) is 21.9 Å². The molecule has 4 N–H and O–H groups in total. The first-order chi connectivity index (χ1) is 13.6. The predicted molar refractivity (Wildman–Crippen MR) is 105 cm³/mol. The third kappa shape index (κ3) is 3.53. The smallest absolute Gasteiger partial charge is 0.252 e. The van der Waals surface area contributed by atoms with Gasteiger partial charge in [0.25, 0.3) is 5.91 Å². The molecule has 1 atom stereocenters. The zero-order valence-corrected chi connectivity index (χ0v) is 14.7. The number of nitrogens with zero attached hydrogens (tertiary/aromatic N) is 2. The number of hydrogen-bond donors (Lipinski definition) is 4. The summed E-state index contributed by atoms with van der Waals surface area (Å²) in [5, 5.41) is 15.7. The minimum Gasteiger partial charge on any atom is -0.394 e. The molecule has 1 unspecified atom stereocenters. The van der Waals surface area contributed by atoms with E-state index in [1.54, 1.807) is 48.7 Å². The number of carbonyl (C=O) groups is 2. The third-order valence-corrected chi connectivity index (χ3v) is 4.36. The Morgan fingerprint density at radius 3 is 2.79 bits per heavy atom. The largest absolute Gasteiger partial charge is 0.394 e. The molecule has 0 aliphatic carbocycles. The number of hydrogen-bond acceptors (Lipinski definition) is 5. The van der Waals surface area contributed by atoms with Gasteiger partial charge in [-0.1, -0.05) is 6.07 Å². The van der Waals surface area contributed by atoms with E-state index in [4.69, 9.17) is 0 Å². The van der Waals surface area contributed by atoms with Crippen LogP contribution in [0.5, 0.6) is 0 Å². The van der Waals surface area contributed by atoms with Crippen molar-refractivity contribution in [1.82, 2.24) is 20.3 Å². The number of aromatic amines is 1. The maximum atomic E-state index is 12.5. The summed E-state index contributed by atoms with van der Waals surface area (Å²) in [6.45, 7) is -0.529. The van der Waals surface area contributed by atoms with Crippen molar-refractivity contribution in [2.24, 2.45) is 0 Å². The lowest BCUT2D eigenvalue weighted by molar-refractivity contribution is -0.118. The maximum Gasteiger partial charge on any atom is 0.252 e. The molecule has 0 saturated heterocycles. The molecule has 2 aromatic heterocycles. The van der Waals surface area contributed by atoms with Gasteiger partial charge in [-0.2, -0.15) is 0 Å². The number of aliphatic hydroxyl groups is 1. The van der Waals surface area contributed by atoms with E-state index in [0.717, 1.165) is 16.4 Å². The minimum atomic E-state index is -1.09. The molecule has 0 fully saturated rings. The van der Waals surface area contributed by atoms with Crippen molar-refractivity contribution in [3.8, 4) is 0 Å². The Balaban J connectivity index is 1.47. The number of H-pyrrole nitrogens is 1. The van der Waals surface area contributed by atoms with Gasteiger partial charge in [-0.25, -0.2) is 4.98 Å². The summed E-state index contributed by atoms with van der Waals surface area (Å²) in [5.74, 6) is -0.977. The second kappa shape index (κ2) is 7.45. The molecular weight excluding hydrogens is 358 g/mol. The van der Waals surface area contributed by atoms with Crippen molar-refractivity contribution in [2.45, 2.75) is 6.04 Å². The lowest BCUT2D eigenvalue weighted by Crippen LogP contribution is -2.46. The minimum absolute atomic E-state index is 0.361. The zero-order valence-electron chi connectivity index (χ0n) is 14.7. The topological polar surface area (TPSA) is 120 Å². The Morgan fingerprint density at radius 2 is 1.93 bits per heavy atom. The van der Waals surface area contributed by atoms with E-state index in [0.29, 0.717) is 16.8 Å². The Bertz CT molecular complexity index is 1170. The van der Waals surface area contributed by atoms with Crippen molar-refractivity contribution in [3.05, 3.63) is 66.6 Å². The van der Waals surface area contributed by atoms with Gasteiger partial charge in [0.15, 0.2) is 0 Å². The SMILES string of the molecule is O=C(NC(CO)C(=O)Nc1ccc2ncccc2c1)c1ccc2nc[nH]c2c1. The second-order valence-electron chi connectivity index (χ2n) is 6.24. The molecule has 28 heavy (non-hydrogen) atoms. The highest BCUT2D eigenvalue weighted by Gasteiger charge is 2.21. The van der Waals surface area contributed by atoms with Crippen LogP contribution in [0.3, 0.4) is 0 Å². The summed E-state index contributed by atoms with van der Waals surface area (Å²) in [7, 11) is 0. The third-order valence-electron chi connectivity index (χ3n) is 4.36. The fourth-order valence-electron chi connectivity index (χ4n) is 2.90. The number of imidazole rings is 1. The molecule has 4 aromatic rings.